The summed E-state index contributed by atoms with van der Waals surface area (Å²) >= 11 is 1.39. The number of hydrogen-bond donors (Lipinski definition) is 1. The number of rotatable bonds is 5. The minimum absolute atomic E-state index is 0.0979. The van der Waals surface area contributed by atoms with E-state index >= 15 is 0 Å². The number of likely N-dealkylation sites (tertiary alicyclic amines) is 1. The Kier molecular flexibility index (Phi) is 5.33. The van der Waals surface area contributed by atoms with Gasteiger partial charge in [0, 0.05) is 24.7 Å². The fourth-order valence-corrected chi connectivity index (χ4v) is 6.00. The molecule has 2 amide bonds. The van der Waals surface area contributed by atoms with Crippen LogP contribution in [0, 0.1) is 24.6 Å². The van der Waals surface area contributed by atoms with E-state index in [1.807, 2.05) is 36.1 Å². The number of aryl methyl sites for hydroxylation is 1. The van der Waals surface area contributed by atoms with E-state index < -0.39 is 0 Å². The topological polar surface area (TPSA) is 75.2 Å². The molecule has 3 heterocycles. The first-order chi connectivity index (χ1) is 17.0. The number of pyridine rings is 1. The predicted molar refractivity (Wildman–Crippen MR) is 133 cm³/mol. The quantitative estimate of drug-likeness (QED) is 0.444. The molecule has 0 bridgehead atoms. The summed E-state index contributed by atoms with van der Waals surface area (Å²) in [5, 5.41) is 5.68. The van der Waals surface area contributed by atoms with E-state index in [0.29, 0.717) is 46.8 Å². The van der Waals surface area contributed by atoms with Crippen molar-refractivity contribution in [1.29, 1.82) is 0 Å². The van der Waals surface area contributed by atoms with Crippen molar-refractivity contribution in [3.63, 3.8) is 0 Å². The minimum Gasteiger partial charge on any atom is -0.349 e. The Labute approximate surface area is 205 Å². The van der Waals surface area contributed by atoms with Crippen molar-refractivity contribution in [2.24, 2.45) is 11.8 Å². The SMILES string of the molecule is Cc1nc(C(=O)N2C[C@H]3C[C@H]3[C@H]2CNC(=O)c2cc3ccccc3cn2)c(-c2cccc(F)c2)s1. The number of carbonyl (C=O) groups excluding carboxylic acids is 2. The van der Waals surface area contributed by atoms with Gasteiger partial charge in [-0.1, -0.05) is 36.4 Å². The molecule has 6 rings (SSSR count). The van der Waals surface area contributed by atoms with Crippen molar-refractivity contribution >= 4 is 33.9 Å². The lowest BCUT2D eigenvalue weighted by atomic mass is 10.1. The molecule has 4 aromatic rings. The van der Waals surface area contributed by atoms with Gasteiger partial charge in [-0.3, -0.25) is 14.6 Å². The smallest absolute Gasteiger partial charge is 0.274 e. The molecule has 35 heavy (non-hydrogen) atoms. The molecule has 6 nitrogen and oxygen atoms in total. The van der Waals surface area contributed by atoms with Crippen molar-refractivity contribution in [2.45, 2.75) is 19.4 Å². The van der Waals surface area contributed by atoms with Crippen LogP contribution in [0.15, 0.2) is 60.8 Å². The summed E-state index contributed by atoms with van der Waals surface area (Å²) in [5.74, 6) is 0.0662. The first-order valence-corrected chi connectivity index (χ1v) is 12.5. The van der Waals surface area contributed by atoms with Crippen molar-refractivity contribution in [3.05, 3.63) is 83.0 Å². The number of nitrogens with zero attached hydrogens (tertiary/aromatic N) is 3. The number of thiazole rings is 1. The zero-order valence-corrected chi connectivity index (χ0v) is 19.9. The highest BCUT2D eigenvalue weighted by molar-refractivity contribution is 7.15. The minimum atomic E-state index is -0.350. The van der Waals surface area contributed by atoms with Gasteiger partial charge in [0.2, 0.25) is 0 Å². The molecule has 1 aliphatic carbocycles. The van der Waals surface area contributed by atoms with Crippen LogP contribution in [-0.2, 0) is 0 Å². The average Bonchev–Trinajstić information content (AvgIpc) is 3.38. The molecule has 0 unspecified atom stereocenters. The lowest BCUT2D eigenvalue weighted by molar-refractivity contribution is 0.0690. The molecule has 0 spiro atoms. The molecule has 2 fully saturated rings. The molecule has 0 radical (unpaired) electrons. The van der Waals surface area contributed by atoms with Crippen LogP contribution in [0.2, 0.25) is 0 Å². The van der Waals surface area contributed by atoms with Gasteiger partial charge in [0.15, 0.2) is 0 Å². The molecule has 2 aliphatic rings. The largest absolute Gasteiger partial charge is 0.349 e. The summed E-state index contributed by atoms with van der Waals surface area (Å²) < 4.78 is 13.9. The number of hydrogen-bond acceptors (Lipinski definition) is 5. The van der Waals surface area contributed by atoms with Crippen LogP contribution in [0.3, 0.4) is 0 Å². The third-order valence-corrected chi connectivity index (χ3v) is 7.94. The second-order valence-corrected chi connectivity index (χ2v) is 10.4. The zero-order valence-electron chi connectivity index (χ0n) is 19.1. The number of carbonyl (C=O) groups is 2. The Morgan fingerprint density at radius 3 is 2.80 bits per heavy atom. The van der Waals surface area contributed by atoms with Crippen LogP contribution in [0.1, 0.15) is 32.4 Å². The van der Waals surface area contributed by atoms with Gasteiger partial charge in [-0.05, 0) is 54.3 Å². The first kappa shape index (κ1) is 21.9. The van der Waals surface area contributed by atoms with Gasteiger partial charge in [-0.2, -0.15) is 0 Å². The van der Waals surface area contributed by atoms with Gasteiger partial charge in [0.05, 0.1) is 15.9 Å². The van der Waals surface area contributed by atoms with Gasteiger partial charge >= 0.3 is 0 Å². The molecule has 2 aromatic heterocycles. The van der Waals surface area contributed by atoms with Crippen LogP contribution < -0.4 is 5.32 Å². The highest BCUT2D eigenvalue weighted by Gasteiger charge is 2.54. The molecular formula is C27H23FN4O2S. The van der Waals surface area contributed by atoms with E-state index in [-0.39, 0.29) is 23.7 Å². The molecule has 1 saturated carbocycles. The van der Waals surface area contributed by atoms with E-state index in [1.165, 1.54) is 23.5 Å². The lowest BCUT2D eigenvalue weighted by Crippen LogP contribution is -2.45. The Bertz CT molecular complexity index is 1470. The summed E-state index contributed by atoms with van der Waals surface area (Å²) in [6, 6.07) is 15.7. The third-order valence-electron chi connectivity index (χ3n) is 6.92. The monoisotopic (exact) mass is 486 g/mol. The number of aromatic nitrogens is 2. The third kappa shape index (κ3) is 4.08. The number of nitrogens with one attached hydrogen (secondary N) is 1. The maximum absolute atomic E-state index is 13.9. The van der Waals surface area contributed by atoms with Gasteiger partial charge in [0.25, 0.3) is 11.8 Å². The highest BCUT2D eigenvalue weighted by atomic mass is 32.1. The van der Waals surface area contributed by atoms with Crippen LogP contribution in [0.5, 0.6) is 0 Å². The van der Waals surface area contributed by atoms with Crippen LogP contribution in [0.25, 0.3) is 21.2 Å². The number of piperidine rings is 1. The second kappa shape index (κ2) is 8.53. The number of halogens is 1. The van der Waals surface area contributed by atoms with E-state index in [1.54, 1.807) is 24.4 Å². The van der Waals surface area contributed by atoms with E-state index in [9.17, 15) is 14.0 Å². The summed E-state index contributed by atoms with van der Waals surface area (Å²) in [6.07, 6.45) is 2.76. The standard InChI is InChI=1S/C27H23FN4O2S/c1-15-31-24(25(35-15)17-7-4-8-20(28)9-17)27(34)32-14-19-10-21(19)23(32)13-30-26(33)22-11-16-5-2-3-6-18(16)12-29-22/h2-9,11-12,19,21,23H,10,13-14H2,1H3,(H,30,33)/t19-,21-,23-/m1/s1. The molecule has 1 N–H and O–H groups in total. The summed E-state index contributed by atoms with van der Waals surface area (Å²) in [6.45, 7) is 2.86. The molecule has 176 valence electrons. The Hall–Kier alpha value is -3.65. The molecular weight excluding hydrogens is 463 g/mol. The maximum Gasteiger partial charge on any atom is 0.274 e. The molecule has 8 heteroatoms. The Balaban J connectivity index is 1.21. The Morgan fingerprint density at radius 2 is 1.97 bits per heavy atom. The molecule has 1 saturated heterocycles. The van der Waals surface area contributed by atoms with E-state index in [0.717, 1.165) is 22.2 Å². The first-order valence-electron chi connectivity index (χ1n) is 11.7. The van der Waals surface area contributed by atoms with Crippen molar-refractivity contribution in [3.8, 4) is 10.4 Å². The molecule has 1 aliphatic heterocycles. The van der Waals surface area contributed by atoms with Crippen LogP contribution in [0.4, 0.5) is 4.39 Å². The predicted octanol–water partition coefficient (Wildman–Crippen LogP) is 4.70. The lowest BCUT2D eigenvalue weighted by Gasteiger charge is -2.27. The fraction of sp³-hybridized carbons (Fsp3) is 0.259. The van der Waals surface area contributed by atoms with Crippen molar-refractivity contribution in [1.82, 2.24) is 20.2 Å². The van der Waals surface area contributed by atoms with Crippen LogP contribution >= 0.6 is 11.3 Å². The van der Waals surface area contributed by atoms with Gasteiger partial charge < -0.3 is 10.2 Å². The summed E-state index contributed by atoms with van der Waals surface area (Å²) in [5.41, 5.74) is 1.36. The normalized spacial score (nSPS) is 20.6. The van der Waals surface area contributed by atoms with E-state index in [2.05, 4.69) is 15.3 Å². The number of fused-ring (bicyclic) bond motifs is 2. The number of amides is 2. The summed E-state index contributed by atoms with van der Waals surface area (Å²) in [4.78, 5) is 37.8. The van der Waals surface area contributed by atoms with E-state index in [4.69, 9.17) is 0 Å². The van der Waals surface area contributed by atoms with Gasteiger partial charge in [0.1, 0.15) is 17.2 Å². The zero-order chi connectivity index (χ0) is 24.1. The summed E-state index contributed by atoms with van der Waals surface area (Å²) in [7, 11) is 0. The van der Waals surface area contributed by atoms with Crippen molar-refractivity contribution < 1.29 is 14.0 Å². The number of benzene rings is 2. The van der Waals surface area contributed by atoms with Crippen LogP contribution in [-0.4, -0.2) is 45.8 Å². The molecule has 3 atom stereocenters. The van der Waals surface area contributed by atoms with Gasteiger partial charge in [-0.25, -0.2) is 9.37 Å². The highest BCUT2D eigenvalue weighted by Crippen LogP contribution is 2.50. The fourth-order valence-electron chi connectivity index (χ4n) is 5.10. The Morgan fingerprint density at radius 1 is 1.14 bits per heavy atom. The second-order valence-electron chi connectivity index (χ2n) is 9.23. The maximum atomic E-state index is 13.9. The molecule has 2 aromatic carbocycles. The van der Waals surface area contributed by atoms with Crippen molar-refractivity contribution in [2.75, 3.05) is 13.1 Å². The average molecular weight is 487 g/mol. The van der Waals surface area contributed by atoms with Gasteiger partial charge in [-0.15, -0.1) is 11.3 Å².